The second-order valence-electron chi connectivity index (χ2n) is 10.6. The number of para-hydroxylation sites is 1. The number of carbonyl (C=O) groups excluding carboxylic acids is 1. The number of pyridine rings is 1. The van der Waals surface area contributed by atoms with Crippen molar-refractivity contribution in [2.24, 2.45) is 11.8 Å². The van der Waals surface area contributed by atoms with Gasteiger partial charge in [-0.15, -0.1) is 0 Å². The number of fused-ring (bicyclic) bond motifs is 2. The van der Waals surface area contributed by atoms with Crippen molar-refractivity contribution in [2.45, 2.75) is 71.5 Å². The summed E-state index contributed by atoms with van der Waals surface area (Å²) >= 11 is 0. The Hall–Kier alpha value is -3.06. The molecule has 1 aromatic carbocycles. The van der Waals surface area contributed by atoms with Crippen LogP contribution in [0.25, 0.3) is 10.9 Å². The maximum Gasteiger partial charge on any atom is 0.256 e. The van der Waals surface area contributed by atoms with E-state index in [0.717, 1.165) is 35.3 Å². The number of aromatic nitrogens is 2. The molecule has 1 saturated carbocycles. The van der Waals surface area contributed by atoms with Gasteiger partial charge in [-0.1, -0.05) is 31.0 Å². The van der Waals surface area contributed by atoms with E-state index in [2.05, 4.69) is 46.2 Å². The van der Waals surface area contributed by atoms with Gasteiger partial charge in [0.05, 0.1) is 24.8 Å². The minimum atomic E-state index is -0.243. The Labute approximate surface area is 212 Å². The molecule has 7 nitrogen and oxygen atoms in total. The third-order valence-corrected chi connectivity index (χ3v) is 8.54. The number of carbonyl (C=O) groups is 1. The van der Waals surface area contributed by atoms with Crippen LogP contribution in [0.5, 0.6) is 5.75 Å². The van der Waals surface area contributed by atoms with Crippen molar-refractivity contribution in [2.75, 3.05) is 13.7 Å². The van der Waals surface area contributed by atoms with Crippen molar-refractivity contribution < 1.29 is 9.53 Å². The predicted molar refractivity (Wildman–Crippen MR) is 143 cm³/mol. The summed E-state index contributed by atoms with van der Waals surface area (Å²) in [7, 11) is 1.54. The first-order valence-corrected chi connectivity index (χ1v) is 13.3. The summed E-state index contributed by atoms with van der Waals surface area (Å²) in [6.45, 7) is 7.37. The van der Waals surface area contributed by atoms with Gasteiger partial charge in [0.25, 0.3) is 11.5 Å². The van der Waals surface area contributed by atoms with Gasteiger partial charge in [0.1, 0.15) is 5.75 Å². The standard InChI is InChI=1S/C29H38N4O3/c1-17-15-26(36-4)23(28(34)32-17)16-31-29(35)27-19(3)33(25-12-8-6-10-22(25)27)18(2)20-13-14-30-24-11-7-5-9-21(20)24/h6,8,10,12,15,18,20-21,24,30H,5,7,9,11,13-14,16H2,1-4H3,(H,31,35)(H,32,34). The first kappa shape index (κ1) is 24.6. The zero-order chi connectivity index (χ0) is 25.4. The van der Waals surface area contributed by atoms with Gasteiger partial charge in [-0.3, -0.25) is 9.59 Å². The van der Waals surface area contributed by atoms with Crippen molar-refractivity contribution in [3.05, 3.63) is 63.2 Å². The lowest BCUT2D eigenvalue weighted by Gasteiger charge is -2.45. The lowest BCUT2D eigenvalue weighted by atomic mass is 9.70. The topological polar surface area (TPSA) is 88.2 Å². The molecular weight excluding hydrogens is 452 g/mol. The van der Waals surface area contributed by atoms with E-state index < -0.39 is 0 Å². The van der Waals surface area contributed by atoms with Gasteiger partial charge in [0.2, 0.25) is 0 Å². The summed E-state index contributed by atoms with van der Waals surface area (Å²) in [5, 5.41) is 7.73. The maximum atomic E-state index is 13.6. The molecule has 0 radical (unpaired) electrons. The SMILES string of the molecule is COc1cc(C)[nH]c(=O)c1CNC(=O)c1c(C)n(C(C)C2CCNC3CCCCC32)c2ccccc12. The van der Waals surface area contributed by atoms with E-state index in [9.17, 15) is 9.59 Å². The molecule has 2 fully saturated rings. The number of nitrogens with zero attached hydrogens (tertiary/aromatic N) is 1. The zero-order valence-electron chi connectivity index (χ0n) is 21.8. The van der Waals surface area contributed by atoms with Crippen molar-refractivity contribution in [3.8, 4) is 5.75 Å². The molecule has 192 valence electrons. The number of rotatable bonds is 6. The number of aromatic amines is 1. The van der Waals surface area contributed by atoms with Crippen molar-refractivity contribution >= 4 is 16.8 Å². The van der Waals surface area contributed by atoms with E-state index >= 15 is 0 Å². The summed E-state index contributed by atoms with van der Waals surface area (Å²) in [5.74, 6) is 1.58. The summed E-state index contributed by atoms with van der Waals surface area (Å²) in [4.78, 5) is 28.9. The second kappa shape index (κ2) is 10.1. The maximum absolute atomic E-state index is 13.6. The molecule has 1 amide bonds. The van der Waals surface area contributed by atoms with Crippen molar-refractivity contribution in [1.82, 2.24) is 20.2 Å². The van der Waals surface area contributed by atoms with E-state index in [0.29, 0.717) is 40.8 Å². The number of H-pyrrole nitrogens is 1. The van der Waals surface area contributed by atoms with Crippen molar-refractivity contribution in [3.63, 3.8) is 0 Å². The number of hydrogen-bond acceptors (Lipinski definition) is 4. The molecule has 1 aliphatic heterocycles. The van der Waals surface area contributed by atoms with E-state index in [4.69, 9.17) is 4.74 Å². The van der Waals surface area contributed by atoms with Gasteiger partial charge in [-0.2, -0.15) is 0 Å². The molecule has 0 bridgehead atoms. The molecule has 36 heavy (non-hydrogen) atoms. The molecule has 4 unspecified atom stereocenters. The number of amides is 1. The Balaban J connectivity index is 1.47. The van der Waals surface area contributed by atoms with E-state index in [1.807, 2.05) is 19.1 Å². The van der Waals surface area contributed by atoms with Gasteiger partial charge < -0.3 is 24.9 Å². The highest BCUT2D eigenvalue weighted by Gasteiger charge is 2.39. The third kappa shape index (κ3) is 4.34. The monoisotopic (exact) mass is 490 g/mol. The zero-order valence-corrected chi connectivity index (χ0v) is 21.8. The lowest BCUT2D eigenvalue weighted by molar-refractivity contribution is 0.0947. The molecule has 2 aromatic heterocycles. The average Bonchev–Trinajstić information content (AvgIpc) is 3.18. The first-order chi connectivity index (χ1) is 17.4. The number of benzene rings is 1. The van der Waals surface area contributed by atoms with Gasteiger partial charge in [0.15, 0.2) is 0 Å². The molecule has 7 heteroatoms. The van der Waals surface area contributed by atoms with E-state index in [1.54, 1.807) is 6.07 Å². The first-order valence-electron chi connectivity index (χ1n) is 13.3. The number of nitrogens with one attached hydrogen (secondary N) is 3. The molecule has 3 aromatic rings. The average molecular weight is 491 g/mol. The molecule has 3 heterocycles. The smallest absolute Gasteiger partial charge is 0.256 e. The van der Waals surface area contributed by atoms with E-state index in [1.165, 1.54) is 32.8 Å². The predicted octanol–water partition coefficient (Wildman–Crippen LogP) is 4.61. The van der Waals surface area contributed by atoms with Crippen LogP contribution in [-0.2, 0) is 6.54 Å². The summed E-state index contributed by atoms with van der Waals surface area (Å²) in [6.07, 6.45) is 6.35. The van der Waals surface area contributed by atoms with E-state index in [-0.39, 0.29) is 18.0 Å². The minimum Gasteiger partial charge on any atom is -0.496 e. The Bertz CT molecular complexity index is 1320. The van der Waals surface area contributed by atoms with Crippen LogP contribution in [0.4, 0.5) is 0 Å². The Kier molecular flexibility index (Phi) is 6.93. The molecule has 3 N–H and O–H groups in total. The molecule has 1 saturated heterocycles. The highest BCUT2D eigenvalue weighted by molar-refractivity contribution is 6.08. The number of piperidine rings is 1. The quantitative estimate of drug-likeness (QED) is 0.471. The Morgan fingerprint density at radius 2 is 1.97 bits per heavy atom. The fourth-order valence-electron chi connectivity index (χ4n) is 6.86. The molecule has 0 spiro atoms. The number of ether oxygens (including phenoxy) is 1. The van der Waals surface area contributed by atoms with Gasteiger partial charge in [-0.05, 0) is 70.5 Å². The lowest BCUT2D eigenvalue weighted by Crippen LogP contribution is -2.49. The highest BCUT2D eigenvalue weighted by atomic mass is 16.5. The van der Waals surface area contributed by atoms with Crippen LogP contribution in [0.2, 0.25) is 0 Å². The number of methoxy groups -OCH3 is 1. The summed E-state index contributed by atoms with van der Waals surface area (Å²) in [5.41, 5.74) is 3.67. The van der Waals surface area contributed by atoms with Crippen LogP contribution >= 0.6 is 0 Å². The fraction of sp³-hybridized carbons (Fsp3) is 0.517. The van der Waals surface area contributed by atoms with Gasteiger partial charge in [0, 0.05) is 34.4 Å². The largest absolute Gasteiger partial charge is 0.496 e. The summed E-state index contributed by atoms with van der Waals surface area (Å²) < 4.78 is 7.80. The minimum absolute atomic E-state index is 0.101. The Morgan fingerprint density at radius 1 is 1.19 bits per heavy atom. The van der Waals surface area contributed by atoms with Crippen LogP contribution in [0.15, 0.2) is 35.1 Å². The molecular formula is C29H38N4O3. The number of aryl methyl sites for hydroxylation is 1. The molecule has 2 aliphatic rings. The summed E-state index contributed by atoms with van der Waals surface area (Å²) in [6, 6.07) is 10.9. The van der Waals surface area contributed by atoms with Crippen molar-refractivity contribution in [1.29, 1.82) is 0 Å². The van der Waals surface area contributed by atoms with Gasteiger partial charge in [-0.25, -0.2) is 0 Å². The van der Waals surface area contributed by atoms with Gasteiger partial charge >= 0.3 is 0 Å². The van der Waals surface area contributed by atoms with Crippen LogP contribution in [0.3, 0.4) is 0 Å². The molecule has 5 rings (SSSR count). The third-order valence-electron chi connectivity index (χ3n) is 8.54. The molecule has 1 aliphatic carbocycles. The number of hydrogen-bond donors (Lipinski definition) is 3. The van der Waals surface area contributed by atoms with Crippen LogP contribution in [0.1, 0.15) is 72.4 Å². The highest BCUT2D eigenvalue weighted by Crippen LogP contribution is 2.42. The normalized spacial score (nSPS) is 22.7. The van der Waals surface area contributed by atoms with Crippen LogP contribution < -0.4 is 20.9 Å². The van der Waals surface area contributed by atoms with Crippen LogP contribution in [-0.4, -0.2) is 35.2 Å². The van der Waals surface area contributed by atoms with Crippen LogP contribution in [0, 0.1) is 25.7 Å². The second-order valence-corrected chi connectivity index (χ2v) is 10.6. The Morgan fingerprint density at radius 3 is 2.78 bits per heavy atom. The molecule has 4 atom stereocenters. The fourth-order valence-corrected chi connectivity index (χ4v) is 6.86.